The summed E-state index contributed by atoms with van der Waals surface area (Å²) in [5.74, 6) is 0.0598. The highest BCUT2D eigenvalue weighted by Crippen LogP contribution is 2.29. The Bertz CT molecular complexity index is 710. The molecule has 8 heteroatoms. The van der Waals surface area contributed by atoms with Crippen LogP contribution < -0.4 is 15.4 Å². The first kappa shape index (κ1) is 21.7. The molecule has 2 N–H and O–H groups in total. The number of rotatable bonds is 8. The highest BCUT2D eigenvalue weighted by Gasteiger charge is 2.39. The zero-order valence-electron chi connectivity index (χ0n) is 16.3. The standard InChI is InChI=1S/C20H27N3O5/c1-3-5-7-16(11-21)23-19(25)28-17-9-6-8-15(10-17)22-18(24)20(4-2)12-26-14-27-13-20/h6,8-10,16H,3-5,7,12-14H2,1-2H3,(H,22,24)(H,23,25). The third kappa shape index (κ3) is 5.94. The first-order chi connectivity index (χ1) is 13.5. The lowest BCUT2D eigenvalue weighted by Gasteiger charge is -2.34. The van der Waals surface area contributed by atoms with Crippen LogP contribution in [0.2, 0.25) is 0 Å². The Morgan fingerprint density at radius 3 is 2.71 bits per heavy atom. The number of nitrogens with one attached hydrogen (secondary N) is 2. The summed E-state index contributed by atoms with van der Waals surface area (Å²) in [6.07, 6.45) is 2.22. The molecule has 0 spiro atoms. The molecule has 1 unspecified atom stereocenters. The Labute approximate surface area is 165 Å². The van der Waals surface area contributed by atoms with Gasteiger partial charge in [-0.3, -0.25) is 4.79 Å². The fourth-order valence-electron chi connectivity index (χ4n) is 2.83. The molecule has 2 amide bonds. The van der Waals surface area contributed by atoms with Gasteiger partial charge in [0.2, 0.25) is 5.91 Å². The van der Waals surface area contributed by atoms with Crippen molar-refractivity contribution >= 4 is 17.7 Å². The average Bonchev–Trinajstić information content (AvgIpc) is 2.71. The van der Waals surface area contributed by atoms with E-state index < -0.39 is 17.6 Å². The number of nitriles is 1. The SMILES string of the molecule is CCCCC(C#N)NC(=O)Oc1cccc(NC(=O)C2(CC)COCOC2)c1. The molecule has 1 atom stereocenters. The van der Waals surface area contributed by atoms with Crippen molar-refractivity contribution in [1.29, 1.82) is 5.26 Å². The van der Waals surface area contributed by atoms with Crippen LogP contribution >= 0.6 is 0 Å². The van der Waals surface area contributed by atoms with E-state index >= 15 is 0 Å². The van der Waals surface area contributed by atoms with Gasteiger partial charge in [0.25, 0.3) is 0 Å². The molecule has 0 bridgehead atoms. The van der Waals surface area contributed by atoms with E-state index in [0.717, 1.165) is 12.8 Å². The van der Waals surface area contributed by atoms with E-state index in [1.54, 1.807) is 24.3 Å². The van der Waals surface area contributed by atoms with E-state index in [1.807, 2.05) is 19.9 Å². The van der Waals surface area contributed by atoms with Crippen LogP contribution in [0, 0.1) is 16.7 Å². The van der Waals surface area contributed by atoms with Crippen molar-refractivity contribution in [1.82, 2.24) is 5.32 Å². The second-order valence-corrected chi connectivity index (χ2v) is 6.79. The third-order valence-corrected chi connectivity index (χ3v) is 4.68. The third-order valence-electron chi connectivity index (χ3n) is 4.68. The highest BCUT2D eigenvalue weighted by molar-refractivity contribution is 5.95. The molecule has 1 aromatic rings. The number of carbonyl (C=O) groups excluding carboxylic acids is 2. The molecule has 1 fully saturated rings. The normalized spacial score (nSPS) is 16.5. The number of anilines is 1. The number of benzene rings is 1. The van der Waals surface area contributed by atoms with Crippen molar-refractivity contribution in [3.8, 4) is 11.8 Å². The number of nitrogens with zero attached hydrogens (tertiary/aromatic N) is 1. The van der Waals surface area contributed by atoms with Gasteiger partial charge in [-0.1, -0.05) is 32.8 Å². The van der Waals surface area contributed by atoms with Gasteiger partial charge in [-0.2, -0.15) is 5.26 Å². The second kappa shape index (κ2) is 10.6. The summed E-state index contributed by atoms with van der Waals surface area (Å²) in [6, 6.07) is 7.98. The van der Waals surface area contributed by atoms with Crippen LogP contribution in [0.1, 0.15) is 39.5 Å². The zero-order valence-corrected chi connectivity index (χ0v) is 16.3. The molecule has 152 valence electrons. The first-order valence-electron chi connectivity index (χ1n) is 9.48. The molecule has 1 aromatic carbocycles. The van der Waals surface area contributed by atoms with Gasteiger partial charge in [-0.05, 0) is 25.0 Å². The maximum Gasteiger partial charge on any atom is 0.413 e. The van der Waals surface area contributed by atoms with Crippen LogP contribution in [-0.4, -0.2) is 38.0 Å². The van der Waals surface area contributed by atoms with E-state index in [9.17, 15) is 9.59 Å². The molecular formula is C20H27N3O5. The Balaban J connectivity index is 1.97. The summed E-state index contributed by atoms with van der Waals surface area (Å²) in [6.45, 7) is 4.70. The van der Waals surface area contributed by atoms with Crippen LogP contribution in [0.4, 0.5) is 10.5 Å². The number of ether oxygens (including phenoxy) is 3. The molecule has 28 heavy (non-hydrogen) atoms. The second-order valence-electron chi connectivity index (χ2n) is 6.79. The summed E-state index contributed by atoms with van der Waals surface area (Å²) < 4.78 is 15.8. The lowest BCUT2D eigenvalue weighted by molar-refractivity contribution is -0.174. The van der Waals surface area contributed by atoms with Crippen LogP contribution in [0.15, 0.2) is 24.3 Å². The Hall–Kier alpha value is -2.63. The van der Waals surface area contributed by atoms with Gasteiger partial charge in [-0.25, -0.2) is 4.79 Å². The van der Waals surface area contributed by atoms with E-state index in [-0.39, 0.29) is 18.4 Å². The summed E-state index contributed by atoms with van der Waals surface area (Å²) in [5, 5.41) is 14.5. The van der Waals surface area contributed by atoms with Crippen molar-refractivity contribution in [3.05, 3.63) is 24.3 Å². The molecule has 0 aliphatic carbocycles. The molecular weight excluding hydrogens is 362 g/mol. The van der Waals surface area contributed by atoms with Gasteiger partial charge >= 0.3 is 6.09 Å². The van der Waals surface area contributed by atoms with Crippen LogP contribution in [-0.2, 0) is 14.3 Å². The van der Waals surface area contributed by atoms with Crippen molar-refractivity contribution in [2.75, 3.05) is 25.3 Å². The Morgan fingerprint density at radius 2 is 2.07 bits per heavy atom. The van der Waals surface area contributed by atoms with Crippen LogP contribution in [0.25, 0.3) is 0 Å². The first-order valence-corrected chi connectivity index (χ1v) is 9.48. The monoisotopic (exact) mass is 389 g/mol. The van der Waals surface area contributed by atoms with E-state index in [2.05, 4.69) is 10.6 Å². The van der Waals surface area contributed by atoms with E-state index in [1.165, 1.54) is 0 Å². The largest absolute Gasteiger partial charge is 0.413 e. The van der Waals surface area contributed by atoms with Gasteiger partial charge in [0.05, 0.1) is 24.7 Å². The van der Waals surface area contributed by atoms with E-state index in [0.29, 0.717) is 31.7 Å². The minimum absolute atomic E-state index is 0.190. The number of unbranched alkanes of at least 4 members (excludes halogenated alkanes) is 1. The topological polar surface area (TPSA) is 110 Å². The predicted molar refractivity (Wildman–Crippen MR) is 103 cm³/mol. The molecule has 2 rings (SSSR count). The Morgan fingerprint density at radius 1 is 1.32 bits per heavy atom. The molecule has 0 aromatic heterocycles. The average molecular weight is 389 g/mol. The number of hydrogen-bond donors (Lipinski definition) is 2. The number of amides is 2. The lowest BCUT2D eigenvalue weighted by atomic mass is 9.85. The lowest BCUT2D eigenvalue weighted by Crippen LogP contribution is -2.46. The fourth-order valence-corrected chi connectivity index (χ4v) is 2.83. The maximum absolute atomic E-state index is 12.7. The minimum Gasteiger partial charge on any atom is -0.410 e. The van der Waals surface area contributed by atoms with Gasteiger partial charge in [0.15, 0.2) is 0 Å². The predicted octanol–water partition coefficient (Wildman–Crippen LogP) is 3.20. The van der Waals surface area contributed by atoms with Crippen molar-refractivity contribution in [2.45, 2.75) is 45.6 Å². The van der Waals surface area contributed by atoms with Crippen molar-refractivity contribution < 1.29 is 23.8 Å². The van der Waals surface area contributed by atoms with E-state index in [4.69, 9.17) is 19.5 Å². The highest BCUT2D eigenvalue weighted by atomic mass is 16.7. The van der Waals surface area contributed by atoms with Crippen LogP contribution in [0.5, 0.6) is 5.75 Å². The fraction of sp³-hybridized carbons (Fsp3) is 0.550. The molecule has 1 saturated heterocycles. The van der Waals surface area contributed by atoms with Crippen molar-refractivity contribution in [3.63, 3.8) is 0 Å². The zero-order chi connectivity index (χ0) is 20.4. The van der Waals surface area contributed by atoms with Gasteiger partial charge in [0.1, 0.15) is 18.6 Å². The summed E-state index contributed by atoms with van der Waals surface area (Å²) in [4.78, 5) is 24.7. The van der Waals surface area contributed by atoms with Gasteiger partial charge in [0, 0.05) is 11.8 Å². The maximum atomic E-state index is 12.7. The molecule has 1 heterocycles. The molecule has 1 aliphatic heterocycles. The molecule has 0 saturated carbocycles. The molecule has 8 nitrogen and oxygen atoms in total. The van der Waals surface area contributed by atoms with Crippen LogP contribution in [0.3, 0.4) is 0 Å². The summed E-state index contributed by atoms with van der Waals surface area (Å²) >= 11 is 0. The minimum atomic E-state index is -0.744. The summed E-state index contributed by atoms with van der Waals surface area (Å²) in [5.41, 5.74) is -0.247. The quantitative estimate of drug-likeness (QED) is 0.706. The number of carbonyl (C=O) groups is 2. The van der Waals surface area contributed by atoms with Crippen molar-refractivity contribution in [2.24, 2.45) is 5.41 Å². The smallest absolute Gasteiger partial charge is 0.410 e. The van der Waals surface area contributed by atoms with Gasteiger partial charge in [-0.15, -0.1) is 0 Å². The Kier molecular flexibility index (Phi) is 8.23. The molecule has 0 radical (unpaired) electrons. The van der Waals surface area contributed by atoms with Gasteiger partial charge < -0.3 is 24.8 Å². The molecule has 1 aliphatic rings. The summed E-state index contributed by atoms with van der Waals surface area (Å²) in [7, 11) is 0. The number of hydrogen-bond acceptors (Lipinski definition) is 6.